The zero-order chi connectivity index (χ0) is 72.1. The van der Waals surface area contributed by atoms with E-state index < -0.39 is 0 Å². The van der Waals surface area contributed by atoms with Gasteiger partial charge in [-0.05, 0) is 232 Å². The monoisotopic (exact) mass is 1390 g/mol. The average Bonchev–Trinajstić information content (AvgIpc) is 0.810. The van der Waals surface area contributed by atoms with Gasteiger partial charge in [-0.1, -0.05) is 170 Å². The van der Waals surface area contributed by atoms with Crippen molar-refractivity contribution in [1.29, 1.82) is 0 Å². The molecule has 0 unspecified atom stereocenters. The largest absolute Gasteiger partial charge is 0.317 e. The third-order valence-corrected chi connectivity index (χ3v) is 22.4. The number of fused-ring (bicyclic) bond motifs is 4. The van der Waals surface area contributed by atoms with Crippen molar-refractivity contribution in [3.05, 3.63) is 399 Å². The molecule has 20 rings (SSSR count). The number of hydrogen-bond acceptors (Lipinski definition) is 4. The molecule has 0 atom stereocenters. The van der Waals surface area contributed by atoms with Gasteiger partial charge in [0.15, 0.2) is 0 Å². The standard InChI is InChI=1S/C100H74N8/c1-67-79-57-61-101(71-29-13-5-14-30-71)91(79)53-49-87(67)105(75-37-21-9-22-38-75)95-65-96(106(76-39-23-10-24-40-76)88-50-54-92-80(68(88)2)58-62-102(92)72-31-15-6-16-32-72)84-47-48-86-98(108(78-43-27-12-28-44-78)90-52-56-94-82(70(90)4)60-64-104(94)74-35-19-8-20-36-74)66-97(85-46-45-83(95)99(84)100(85)86)107(77-41-25-11-26-42-77)89-51-55-93-81(69(89)3)59-63-103(93)73-33-17-7-18-34-73/h5-66H,1-4H3. The number of benzene rings is 16. The summed E-state index contributed by atoms with van der Waals surface area (Å²) in [5.41, 5.74) is 26.4. The number of aromatic nitrogens is 4. The number of aryl methyl sites for hydroxylation is 4. The molecule has 0 aliphatic rings. The quantitative estimate of drug-likeness (QED) is 0.0903. The maximum absolute atomic E-state index is 2.54. The molecule has 0 aliphatic carbocycles. The Bertz CT molecular complexity index is 5950. The molecular formula is C100H74N8. The van der Waals surface area contributed by atoms with E-state index in [1.807, 2.05) is 0 Å². The Kier molecular flexibility index (Phi) is 15.3. The minimum absolute atomic E-state index is 1.04. The smallest absolute Gasteiger partial charge is 0.0561 e. The van der Waals surface area contributed by atoms with Crippen LogP contribution in [0.25, 0.3) is 98.7 Å². The van der Waals surface area contributed by atoms with Crippen molar-refractivity contribution in [2.45, 2.75) is 27.7 Å². The first kappa shape index (κ1) is 63.6. The third-order valence-electron chi connectivity index (χ3n) is 22.4. The Morgan fingerprint density at radius 3 is 0.574 bits per heavy atom. The van der Waals surface area contributed by atoms with E-state index in [9.17, 15) is 0 Å². The summed E-state index contributed by atoms with van der Waals surface area (Å²) in [5, 5.41) is 11.4. The Labute approximate surface area is 627 Å². The number of hydrogen-bond donors (Lipinski definition) is 0. The zero-order valence-corrected chi connectivity index (χ0v) is 60.4. The van der Waals surface area contributed by atoms with E-state index in [0.717, 1.165) is 145 Å². The van der Waals surface area contributed by atoms with Gasteiger partial charge < -0.3 is 37.9 Å². The van der Waals surface area contributed by atoms with E-state index in [4.69, 9.17) is 0 Å². The summed E-state index contributed by atoms with van der Waals surface area (Å²) in [4.78, 5) is 10.2. The van der Waals surface area contributed by atoms with Crippen molar-refractivity contribution in [1.82, 2.24) is 18.3 Å². The molecule has 0 radical (unpaired) electrons. The Hall–Kier alpha value is -14.1. The maximum atomic E-state index is 2.54. The second-order valence-corrected chi connectivity index (χ2v) is 28.2. The Morgan fingerprint density at radius 1 is 0.176 bits per heavy atom. The molecule has 0 fully saturated rings. The summed E-state index contributed by atoms with van der Waals surface area (Å²) < 4.78 is 9.24. The first-order chi connectivity index (χ1) is 53.3. The van der Waals surface area contributed by atoms with Crippen LogP contribution in [0.5, 0.6) is 0 Å². The lowest BCUT2D eigenvalue weighted by atomic mass is 9.88. The lowest BCUT2D eigenvalue weighted by Gasteiger charge is -2.35. The van der Waals surface area contributed by atoms with Crippen LogP contribution >= 0.6 is 0 Å². The second kappa shape index (κ2) is 26.0. The number of para-hydroxylation sites is 8. The van der Waals surface area contributed by atoms with Crippen molar-refractivity contribution >= 4 is 144 Å². The fourth-order valence-electron chi connectivity index (χ4n) is 17.2. The Balaban J connectivity index is 0.935. The van der Waals surface area contributed by atoms with E-state index in [2.05, 4.69) is 442 Å². The minimum Gasteiger partial charge on any atom is -0.317 e. The minimum atomic E-state index is 1.04. The van der Waals surface area contributed by atoms with Crippen LogP contribution in [-0.2, 0) is 0 Å². The highest BCUT2D eigenvalue weighted by Crippen LogP contribution is 2.57. The van der Waals surface area contributed by atoms with Crippen molar-refractivity contribution in [2.24, 2.45) is 0 Å². The summed E-state index contributed by atoms with van der Waals surface area (Å²) in [6.45, 7) is 9.21. The van der Waals surface area contributed by atoms with Crippen molar-refractivity contribution in [3.8, 4) is 22.7 Å². The van der Waals surface area contributed by atoms with Crippen molar-refractivity contribution in [3.63, 3.8) is 0 Å². The van der Waals surface area contributed by atoms with Gasteiger partial charge in [-0.15, -0.1) is 0 Å². The molecule has 8 heteroatoms. The molecule has 0 spiro atoms. The summed E-state index contributed by atoms with van der Waals surface area (Å²) in [6, 6.07) is 129. The predicted octanol–water partition coefficient (Wildman–Crippen LogP) is 27.5. The van der Waals surface area contributed by atoms with Crippen LogP contribution < -0.4 is 19.6 Å². The van der Waals surface area contributed by atoms with E-state index >= 15 is 0 Å². The molecule has 514 valence electrons. The van der Waals surface area contributed by atoms with Gasteiger partial charge in [0.1, 0.15) is 0 Å². The van der Waals surface area contributed by atoms with Gasteiger partial charge in [0.2, 0.25) is 0 Å². The highest BCUT2D eigenvalue weighted by Gasteiger charge is 2.32. The van der Waals surface area contributed by atoms with Gasteiger partial charge >= 0.3 is 0 Å². The molecule has 0 saturated carbocycles. The zero-order valence-electron chi connectivity index (χ0n) is 60.4. The number of rotatable bonds is 16. The normalized spacial score (nSPS) is 11.7. The number of nitrogens with zero attached hydrogens (tertiary/aromatic N) is 8. The van der Waals surface area contributed by atoms with E-state index in [-0.39, 0.29) is 0 Å². The van der Waals surface area contributed by atoms with E-state index in [1.54, 1.807) is 0 Å². The molecule has 20 aromatic rings. The first-order valence-electron chi connectivity index (χ1n) is 37.1. The van der Waals surface area contributed by atoms with Crippen LogP contribution in [0.2, 0.25) is 0 Å². The van der Waals surface area contributed by atoms with Crippen LogP contribution in [-0.4, -0.2) is 18.3 Å². The van der Waals surface area contributed by atoms with Gasteiger partial charge in [0, 0.05) is 147 Å². The molecule has 8 nitrogen and oxygen atoms in total. The summed E-state index contributed by atoms with van der Waals surface area (Å²) in [7, 11) is 0. The Morgan fingerprint density at radius 2 is 0.370 bits per heavy atom. The van der Waals surface area contributed by atoms with Gasteiger partial charge in [-0.2, -0.15) is 0 Å². The first-order valence-corrected chi connectivity index (χ1v) is 37.1. The van der Waals surface area contributed by atoms with Gasteiger partial charge in [-0.3, -0.25) is 0 Å². The predicted molar refractivity (Wildman–Crippen MR) is 455 cm³/mol. The molecule has 4 aromatic heterocycles. The van der Waals surface area contributed by atoms with Crippen LogP contribution in [0.4, 0.5) is 68.2 Å². The molecule has 4 heterocycles. The van der Waals surface area contributed by atoms with Gasteiger partial charge in [-0.25, -0.2) is 0 Å². The highest BCUT2D eigenvalue weighted by atomic mass is 15.2. The molecule has 16 aromatic carbocycles. The van der Waals surface area contributed by atoms with Gasteiger partial charge in [0.05, 0.1) is 44.8 Å². The van der Waals surface area contributed by atoms with Crippen molar-refractivity contribution in [2.75, 3.05) is 19.6 Å². The van der Waals surface area contributed by atoms with Crippen LogP contribution in [0, 0.1) is 27.7 Å². The topological polar surface area (TPSA) is 32.7 Å². The third kappa shape index (κ3) is 10.3. The fraction of sp³-hybridized carbons (Fsp3) is 0.0400. The molecule has 0 saturated heterocycles. The van der Waals surface area contributed by atoms with Crippen LogP contribution in [0.15, 0.2) is 377 Å². The summed E-state index contributed by atoms with van der Waals surface area (Å²) in [5.74, 6) is 0. The molecule has 0 bridgehead atoms. The fourth-order valence-corrected chi connectivity index (χ4v) is 17.2. The maximum Gasteiger partial charge on any atom is 0.0561 e. The average molecular weight is 1390 g/mol. The SMILES string of the molecule is Cc1c(N(c2ccccc2)c2cc(N(c3ccccc3)c3ccc4c(ccn4-c4ccccc4)c3C)c3ccc4c(N(c5ccccc5)c5ccc6c(ccn6-c6ccccc6)c5C)cc(N(c5ccccc5)c5ccc6c(ccn6-c6ccccc6)c5C)c5ccc2c3c54)ccc2c1ccn2-c1ccccc1. The molecule has 0 amide bonds. The second-order valence-electron chi connectivity index (χ2n) is 28.2. The molecular weight excluding hydrogens is 1310 g/mol. The molecule has 0 N–H and O–H groups in total. The summed E-state index contributed by atoms with van der Waals surface area (Å²) >= 11 is 0. The number of anilines is 12. The van der Waals surface area contributed by atoms with E-state index in [0.29, 0.717) is 0 Å². The lowest BCUT2D eigenvalue weighted by Crippen LogP contribution is -2.17. The van der Waals surface area contributed by atoms with Crippen molar-refractivity contribution < 1.29 is 0 Å². The highest BCUT2D eigenvalue weighted by molar-refractivity contribution is 6.33. The van der Waals surface area contributed by atoms with Crippen LogP contribution in [0.1, 0.15) is 22.3 Å². The van der Waals surface area contributed by atoms with Crippen LogP contribution in [0.3, 0.4) is 0 Å². The van der Waals surface area contributed by atoms with Gasteiger partial charge in [0.25, 0.3) is 0 Å². The van der Waals surface area contributed by atoms with E-state index in [1.165, 1.54) is 43.8 Å². The summed E-state index contributed by atoms with van der Waals surface area (Å²) in [6.07, 6.45) is 8.87. The lowest BCUT2D eigenvalue weighted by molar-refractivity contribution is 1.13. The molecule has 0 aliphatic heterocycles. The molecule has 108 heavy (non-hydrogen) atoms.